The molecule has 0 unspecified atom stereocenters. The van der Waals surface area contributed by atoms with Gasteiger partial charge in [0.15, 0.2) is 0 Å². The minimum absolute atomic E-state index is 0.0148. The number of amides is 1. The van der Waals surface area contributed by atoms with Crippen LogP contribution in [0.1, 0.15) is 33.6 Å². The molecule has 0 radical (unpaired) electrons. The van der Waals surface area contributed by atoms with Crippen LogP contribution in [-0.4, -0.2) is 40.8 Å². The number of ether oxygens (including phenoxy) is 2. The predicted octanol–water partition coefficient (Wildman–Crippen LogP) is 4.28. The Hall–Kier alpha value is -1.01. The monoisotopic (exact) mass is 390 g/mol. The van der Waals surface area contributed by atoms with Crippen LogP contribution in [-0.2, 0) is 4.74 Å². The van der Waals surface area contributed by atoms with Gasteiger partial charge in [-0.1, -0.05) is 11.6 Å². The van der Waals surface area contributed by atoms with Gasteiger partial charge in [0.05, 0.1) is 4.47 Å². The fourth-order valence-electron chi connectivity index (χ4n) is 2.12. The molecule has 2 rings (SSSR count). The predicted molar refractivity (Wildman–Crippen MR) is 88.4 cm³/mol. The molecular formula is C15H20BrClN2O3. The molecule has 1 aromatic rings. The van der Waals surface area contributed by atoms with Crippen LogP contribution in [0.5, 0.6) is 5.88 Å². The Kier molecular flexibility index (Phi) is 5.55. The zero-order chi connectivity index (χ0) is 16.3. The highest BCUT2D eigenvalue weighted by Gasteiger charge is 2.28. The summed E-state index contributed by atoms with van der Waals surface area (Å²) in [5.41, 5.74) is -0.472. The van der Waals surface area contributed by atoms with Crippen molar-refractivity contribution >= 4 is 33.6 Å². The van der Waals surface area contributed by atoms with E-state index in [4.69, 9.17) is 21.1 Å². The zero-order valence-electron chi connectivity index (χ0n) is 12.9. The fraction of sp³-hybridized carbons (Fsp3) is 0.600. The molecule has 1 saturated heterocycles. The maximum Gasteiger partial charge on any atom is 0.410 e. The summed E-state index contributed by atoms with van der Waals surface area (Å²) in [4.78, 5) is 17.9. The SMILES string of the molecule is CC(C)(C)OC(=O)N1CCC(Oc2nc(Cl)ccc2Br)CC1. The molecule has 0 saturated carbocycles. The van der Waals surface area contributed by atoms with Crippen molar-refractivity contribution in [3.8, 4) is 5.88 Å². The summed E-state index contributed by atoms with van der Waals surface area (Å²) in [6.07, 6.45) is 1.22. The van der Waals surface area contributed by atoms with E-state index >= 15 is 0 Å². The van der Waals surface area contributed by atoms with Crippen LogP contribution in [0.25, 0.3) is 0 Å². The van der Waals surface area contributed by atoms with E-state index in [1.165, 1.54) is 0 Å². The molecule has 1 aliphatic rings. The number of pyridine rings is 1. The number of rotatable bonds is 2. The van der Waals surface area contributed by atoms with E-state index in [2.05, 4.69) is 20.9 Å². The highest BCUT2D eigenvalue weighted by atomic mass is 79.9. The van der Waals surface area contributed by atoms with Gasteiger partial charge in [0.2, 0.25) is 5.88 Å². The molecule has 7 heteroatoms. The smallest absolute Gasteiger partial charge is 0.410 e. The van der Waals surface area contributed by atoms with Gasteiger partial charge >= 0.3 is 6.09 Å². The first-order valence-electron chi connectivity index (χ1n) is 7.21. The molecule has 22 heavy (non-hydrogen) atoms. The van der Waals surface area contributed by atoms with E-state index in [1.54, 1.807) is 17.0 Å². The molecule has 122 valence electrons. The third kappa shape index (κ3) is 5.02. The molecular weight excluding hydrogens is 372 g/mol. The van der Waals surface area contributed by atoms with Crippen LogP contribution in [0.15, 0.2) is 16.6 Å². The second-order valence-corrected chi connectivity index (χ2v) is 7.45. The average Bonchev–Trinajstić information content (AvgIpc) is 2.42. The van der Waals surface area contributed by atoms with Gasteiger partial charge in [-0.3, -0.25) is 0 Å². The summed E-state index contributed by atoms with van der Waals surface area (Å²) in [7, 11) is 0. The molecule has 1 aliphatic heterocycles. The molecule has 0 spiro atoms. The van der Waals surface area contributed by atoms with E-state index < -0.39 is 5.60 Å². The molecule has 0 N–H and O–H groups in total. The second kappa shape index (κ2) is 7.04. The molecule has 0 atom stereocenters. The van der Waals surface area contributed by atoms with E-state index in [-0.39, 0.29) is 12.2 Å². The average molecular weight is 392 g/mol. The third-order valence-corrected chi connectivity index (χ3v) is 3.97. The van der Waals surface area contributed by atoms with Crippen LogP contribution in [0.2, 0.25) is 5.15 Å². The van der Waals surface area contributed by atoms with Crippen molar-refractivity contribution in [2.45, 2.75) is 45.3 Å². The number of carbonyl (C=O) groups is 1. The van der Waals surface area contributed by atoms with Crippen molar-refractivity contribution < 1.29 is 14.3 Å². The van der Waals surface area contributed by atoms with E-state index in [0.717, 1.165) is 17.3 Å². The van der Waals surface area contributed by atoms with E-state index in [1.807, 2.05) is 20.8 Å². The Bertz CT molecular complexity index is 540. The zero-order valence-corrected chi connectivity index (χ0v) is 15.3. The Morgan fingerprint density at radius 2 is 2.00 bits per heavy atom. The van der Waals surface area contributed by atoms with Gasteiger partial charge in [-0.15, -0.1) is 0 Å². The summed E-state index contributed by atoms with van der Waals surface area (Å²) in [5, 5.41) is 0.393. The summed E-state index contributed by atoms with van der Waals surface area (Å²) in [6, 6.07) is 3.50. The van der Waals surface area contributed by atoms with Crippen molar-refractivity contribution in [1.82, 2.24) is 9.88 Å². The fourth-order valence-corrected chi connectivity index (χ4v) is 2.58. The molecule has 1 aromatic heterocycles. The van der Waals surface area contributed by atoms with Crippen LogP contribution in [0.4, 0.5) is 4.79 Å². The largest absolute Gasteiger partial charge is 0.473 e. The lowest BCUT2D eigenvalue weighted by atomic mass is 10.1. The topological polar surface area (TPSA) is 51.7 Å². The maximum atomic E-state index is 12.0. The lowest BCUT2D eigenvalue weighted by Crippen LogP contribution is -2.44. The van der Waals surface area contributed by atoms with Crippen LogP contribution in [0.3, 0.4) is 0 Å². The number of nitrogens with zero attached hydrogens (tertiary/aromatic N) is 2. The number of carbonyl (C=O) groups excluding carboxylic acids is 1. The van der Waals surface area contributed by atoms with E-state index in [0.29, 0.717) is 24.1 Å². The first kappa shape index (κ1) is 17.3. The van der Waals surface area contributed by atoms with Gasteiger partial charge in [0.1, 0.15) is 16.9 Å². The summed E-state index contributed by atoms with van der Waals surface area (Å²) < 4.78 is 12.0. The molecule has 1 amide bonds. The summed E-state index contributed by atoms with van der Waals surface area (Å²) in [6.45, 7) is 6.81. The lowest BCUT2D eigenvalue weighted by Gasteiger charge is -2.33. The minimum atomic E-state index is -0.472. The highest BCUT2D eigenvalue weighted by molar-refractivity contribution is 9.10. The lowest BCUT2D eigenvalue weighted by molar-refractivity contribution is 0.0122. The molecule has 0 aromatic carbocycles. The quantitative estimate of drug-likeness (QED) is 0.706. The second-order valence-electron chi connectivity index (χ2n) is 6.21. The van der Waals surface area contributed by atoms with Crippen LogP contribution < -0.4 is 4.74 Å². The standard InChI is InChI=1S/C15H20BrClN2O3/c1-15(2,3)22-14(20)19-8-6-10(7-9-19)21-13-11(16)4-5-12(17)18-13/h4-5,10H,6-9H2,1-3H3. The van der Waals surface area contributed by atoms with Crippen LogP contribution in [0, 0.1) is 0 Å². The van der Waals surface area contributed by atoms with Crippen molar-refractivity contribution in [2.75, 3.05) is 13.1 Å². The number of hydrogen-bond donors (Lipinski definition) is 0. The van der Waals surface area contributed by atoms with Crippen molar-refractivity contribution in [3.63, 3.8) is 0 Å². The van der Waals surface area contributed by atoms with Gasteiger partial charge in [0, 0.05) is 25.9 Å². The third-order valence-electron chi connectivity index (χ3n) is 3.15. The molecule has 0 bridgehead atoms. The van der Waals surface area contributed by atoms with E-state index in [9.17, 15) is 4.79 Å². The maximum absolute atomic E-state index is 12.0. The first-order valence-corrected chi connectivity index (χ1v) is 8.38. The van der Waals surface area contributed by atoms with Crippen molar-refractivity contribution in [3.05, 3.63) is 21.8 Å². The van der Waals surface area contributed by atoms with Gasteiger partial charge in [-0.25, -0.2) is 9.78 Å². The van der Waals surface area contributed by atoms with Gasteiger partial charge in [0.25, 0.3) is 0 Å². The van der Waals surface area contributed by atoms with Gasteiger partial charge in [-0.05, 0) is 48.8 Å². The number of halogens is 2. The molecule has 0 aliphatic carbocycles. The molecule has 1 fully saturated rings. The molecule has 2 heterocycles. The Balaban J connectivity index is 1.87. The van der Waals surface area contributed by atoms with Crippen molar-refractivity contribution in [1.29, 1.82) is 0 Å². The Labute approximate surface area is 144 Å². The number of likely N-dealkylation sites (tertiary alicyclic amines) is 1. The normalized spacial score (nSPS) is 16.5. The summed E-state index contributed by atoms with van der Waals surface area (Å²) in [5.74, 6) is 0.489. The highest BCUT2D eigenvalue weighted by Crippen LogP contribution is 2.27. The number of aromatic nitrogens is 1. The number of hydrogen-bond acceptors (Lipinski definition) is 4. The first-order chi connectivity index (χ1) is 10.2. The summed E-state index contributed by atoms with van der Waals surface area (Å²) >= 11 is 9.27. The molecule has 5 nitrogen and oxygen atoms in total. The minimum Gasteiger partial charge on any atom is -0.473 e. The van der Waals surface area contributed by atoms with Crippen LogP contribution >= 0.6 is 27.5 Å². The number of piperidine rings is 1. The Morgan fingerprint density at radius 1 is 1.36 bits per heavy atom. The van der Waals surface area contributed by atoms with Crippen molar-refractivity contribution in [2.24, 2.45) is 0 Å². The van der Waals surface area contributed by atoms with Gasteiger partial charge in [-0.2, -0.15) is 0 Å². The Morgan fingerprint density at radius 3 is 2.59 bits per heavy atom. The van der Waals surface area contributed by atoms with Gasteiger partial charge < -0.3 is 14.4 Å².